The fraction of sp³-hybridized carbons (Fsp3) is 0.366. The zero-order valence-corrected chi connectivity index (χ0v) is 31.2. The number of carbonyl (C=O) groups excluding carboxylic acids is 4. The maximum Gasteiger partial charge on any atom is 0.243 e. The van der Waals surface area contributed by atoms with E-state index in [0.717, 1.165) is 11.1 Å². The Morgan fingerprint density at radius 1 is 0.537 bits per heavy atom. The Morgan fingerprint density at radius 2 is 0.907 bits per heavy atom. The highest BCUT2D eigenvalue weighted by molar-refractivity contribution is 5.90. The quantitative estimate of drug-likeness (QED) is 0.0716. The molecule has 4 rings (SSSR count). The Kier molecular flexibility index (Phi) is 15.9. The van der Waals surface area contributed by atoms with E-state index in [0.29, 0.717) is 11.6 Å². The van der Waals surface area contributed by atoms with Gasteiger partial charge in [-0.2, -0.15) is 0 Å². The van der Waals surface area contributed by atoms with E-state index in [-0.39, 0.29) is 37.8 Å². The molecule has 2 aromatic heterocycles. The van der Waals surface area contributed by atoms with Crippen molar-refractivity contribution in [2.75, 3.05) is 23.7 Å². The summed E-state index contributed by atoms with van der Waals surface area (Å²) in [5, 5.41) is 29.7. The van der Waals surface area contributed by atoms with Crippen LogP contribution in [0, 0.1) is 11.8 Å². The first-order valence-corrected chi connectivity index (χ1v) is 18.2. The molecule has 4 amide bonds. The van der Waals surface area contributed by atoms with Gasteiger partial charge in [0.1, 0.15) is 23.7 Å². The number of benzene rings is 2. The Hall–Kier alpha value is -5.82. The van der Waals surface area contributed by atoms with Crippen molar-refractivity contribution in [3.63, 3.8) is 0 Å². The van der Waals surface area contributed by atoms with Gasteiger partial charge in [-0.25, -0.2) is 9.97 Å². The number of rotatable bonds is 20. The lowest BCUT2D eigenvalue weighted by molar-refractivity contribution is -0.131. The first-order valence-electron chi connectivity index (χ1n) is 18.2. The van der Waals surface area contributed by atoms with Crippen LogP contribution in [0.3, 0.4) is 0 Å². The fourth-order valence-corrected chi connectivity index (χ4v) is 5.87. The number of nitrogens with zero attached hydrogens (tertiary/aromatic N) is 2. The number of aromatic nitrogens is 2. The van der Waals surface area contributed by atoms with E-state index in [9.17, 15) is 24.3 Å². The van der Waals surface area contributed by atoms with E-state index in [4.69, 9.17) is 0 Å². The molecule has 0 spiro atoms. The zero-order chi connectivity index (χ0) is 38.9. The molecule has 0 bridgehead atoms. The Labute approximate surface area is 317 Å². The van der Waals surface area contributed by atoms with Crippen molar-refractivity contribution in [1.82, 2.24) is 31.2 Å². The average Bonchev–Trinajstić information content (AvgIpc) is 3.17. The summed E-state index contributed by atoms with van der Waals surface area (Å²) in [4.78, 5) is 62.2. The molecule has 4 aromatic rings. The summed E-state index contributed by atoms with van der Waals surface area (Å²) < 4.78 is 0. The molecule has 0 saturated carbocycles. The molecule has 0 saturated heterocycles. The molecule has 0 radical (unpaired) electrons. The molecule has 2 aromatic carbocycles. The van der Waals surface area contributed by atoms with Crippen LogP contribution in [-0.4, -0.2) is 82.1 Å². The largest absolute Gasteiger partial charge is 0.389 e. The van der Waals surface area contributed by atoms with Crippen LogP contribution in [-0.2, 0) is 32.0 Å². The monoisotopic (exact) mass is 736 g/mol. The van der Waals surface area contributed by atoms with Crippen LogP contribution in [0.15, 0.2) is 109 Å². The van der Waals surface area contributed by atoms with Gasteiger partial charge in [0.05, 0.1) is 31.3 Å². The van der Waals surface area contributed by atoms with Crippen LogP contribution in [0.1, 0.15) is 38.8 Å². The van der Waals surface area contributed by atoms with Gasteiger partial charge in [0.25, 0.3) is 0 Å². The Balaban J connectivity index is 1.54. The highest BCUT2D eigenvalue weighted by Gasteiger charge is 2.35. The van der Waals surface area contributed by atoms with Gasteiger partial charge in [0.2, 0.25) is 23.6 Å². The Bertz CT molecular complexity index is 1620. The van der Waals surface area contributed by atoms with Gasteiger partial charge in [0, 0.05) is 12.4 Å². The van der Waals surface area contributed by atoms with Gasteiger partial charge in [-0.1, -0.05) is 100 Å². The maximum atomic E-state index is 14.0. The third kappa shape index (κ3) is 13.3. The average molecular weight is 737 g/mol. The van der Waals surface area contributed by atoms with Crippen LogP contribution >= 0.6 is 0 Å². The molecule has 0 fully saturated rings. The van der Waals surface area contributed by atoms with E-state index in [1.54, 1.807) is 48.8 Å². The normalized spacial score (nSPS) is 13.3. The molecule has 13 nitrogen and oxygen atoms in total. The molecule has 2 heterocycles. The van der Waals surface area contributed by atoms with Crippen molar-refractivity contribution < 1.29 is 24.3 Å². The molecule has 13 heteroatoms. The lowest BCUT2D eigenvalue weighted by atomic mass is 9.91. The topological polar surface area (TPSA) is 186 Å². The number of hydrogen-bond acceptors (Lipinski definition) is 9. The number of aliphatic hydroxyl groups excluding tert-OH is 1. The second-order valence-electron chi connectivity index (χ2n) is 13.8. The second-order valence-corrected chi connectivity index (χ2v) is 13.8. The Morgan fingerprint density at radius 3 is 1.24 bits per heavy atom. The summed E-state index contributed by atoms with van der Waals surface area (Å²) in [6, 6.07) is 25.8. The predicted molar refractivity (Wildman–Crippen MR) is 209 cm³/mol. The fourth-order valence-electron chi connectivity index (χ4n) is 5.87. The van der Waals surface area contributed by atoms with Gasteiger partial charge in [-0.3, -0.25) is 19.2 Å². The molecule has 7 N–H and O–H groups in total. The minimum absolute atomic E-state index is 0.0957. The number of aliphatic hydroxyl groups is 1. The maximum absolute atomic E-state index is 14.0. The third-order valence-electron chi connectivity index (χ3n) is 8.80. The van der Waals surface area contributed by atoms with Crippen LogP contribution in [0.25, 0.3) is 0 Å². The minimum atomic E-state index is -1.29. The van der Waals surface area contributed by atoms with Gasteiger partial charge < -0.3 is 37.0 Å². The van der Waals surface area contributed by atoms with Gasteiger partial charge >= 0.3 is 0 Å². The SMILES string of the molecule is CC(C)[C@H](NC(=O)CNc1ccccn1)C(=O)N[C@@H](Cc1ccccc1)C(O)[C@H](Cc1ccccc1)NC(=O)[C@@H](NC(=O)CNc1ccccn1)C(C)C. The summed E-state index contributed by atoms with van der Waals surface area (Å²) in [6.45, 7) is 7.10. The smallest absolute Gasteiger partial charge is 0.243 e. The molecule has 0 unspecified atom stereocenters. The van der Waals surface area contributed by atoms with Crippen molar-refractivity contribution in [2.24, 2.45) is 11.8 Å². The number of hydrogen-bond donors (Lipinski definition) is 7. The first-order chi connectivity index (χ1) is 26.0. The molecule has 0 aliphatic heterocycles. The molecule has 0 aliphatic rings. The summed E-state index contributed by atoms with van der Waals surface area (Å²) in [7, 11) is 0. The van der Waals surface area contributed by atoms with Crippen LogP contribution in [0.4, 0.5) is 11.6 Å². The van der Waals surface area contributed by atoms with Crippen molar-refractivity contribution in [3.05, 3.63) is 121 Å². The number of nitrogens with one attached hydrogen (secondary N) is 6. The van der Waals surface area contributed by atoms with Gasteiger partial charge in [-0.15, -0.1) is 0 Å². The summed E-state index contributed by atoms with van der Waals surface area (Å²) in [6.07, 6.45) is 2.40. The highest BCUT2D eigenvalue weighted by atomic mass is 16.3. The third-order valence-corrected chi connectivity index (χ3v) is 8.80. The van der Waals surface area contributed by atoms with Crippen molar-refractivity contribution >= 4 is 35.3 Å². The number of anilines is 2. The number of amides is 4. The molecular formula is C41H52N8O5. The van der Waals surface area contributed by atoms with E-state index in [2.05, 4.69) is 41.9 Å². The van der Waals surface area contributed by atoms with Gasteiger partial charge in [-0.05, 0) is 60.1 Å². The highest BCUT2D eigenvalue weighted by Crippen LogP contribution is 2.16. The summed E-state index contributed by atoms with van der Waals surface area (Å²) >= 11 is 0. The predicted octanol–water partition coefficient (Wildman–Crippen LogP) is 3.10. The van der Waals surface area contributed by atoms with Crippen molar-refractivity contribution in [1.29, 1.82) is 0 Å². The first kappa shape index (κ1) is 40.9. The molecule has 54 heavy (non-hydrogen) atoms. The van der Waals surface area contributed by atoms with Crippen LogP contribution in [0.5, 0.6) is 0 Å². The van der Waals surface area contributed by atoms with Gasteiger partial charge in [0.15, 0.2) is 0 Å². The summed E-state index contributed by atoms with van der Waals surface area (Å²) in [5.41, 5.74) is 1.70. The van der Waals surface area contributed by atoms with Crippen LogP contribution < -0.4 is 31.9 Å². The number of carbonyl (C=O) groups is 4. The second kappa shape index (κ2) is 21.0. The zero-order valence-electron chi connectivity index (χ0n) is 31.2. The van der Waals surface area contributed by atoms with Crippen molar-refractivity contribution in [2.45, 2.75) is 70.8 Å². The molecule has 0 aliphatic carbocycles. The van der Waals surface area contributed by atoms with E-state index in [1.807, 2.05) is 88.4 Å². The molecule has 4 atom stereocenters. The molecule has 286 valence electrons. The lowest BCUT2D eigenvalue weighted by Crippen LogP contribution is -2.61. The van der Waals surface area contributed by atoms with Crippen LogP contribution in [0.2, 0.25) is 0 Å². The van der Waals surface area contributed by atoms with E-state index in [1.165, 1.54) is 0 Å². The van der Waals surface area contributed by atoms with Crippen molar-refractivity contribution in [3.8, 4) is 0 Å². The number of pyridine rings is 2. The standard InChI is InChI=1S/C41H52N8O5/c1-27(2)37(48-35(50)25-44-33-19-11-13-21-42-33)40(53)46-31(23-29-15-7-5-8-16-29)39(52)32(24-30-17-9-6-10-18-30)47-41(54)38(28(3)4)49-36(51)26-45-34-20-12-14-22-43-34/h5-22,27-28,31-32,37-39,52H,23-26H2,1-4H3,(H,42,44)(H,43,45)(H,46,53)(H,47,54)(H,48,50)(H,49,51)/t31-,32-,37-,38-/m0/s1. The minimum Gasteiger partial charge on any atom is -0.389 e. The molecular weight excluding hydrogens is 685 g/mol. The van der Waals surface area contributed by atoms with E-state index < -0.39 is 53.9 Å². The summed E-state index contributed by atoms with van der Waals surface area (Å²) in [5.74, 6) is -1.29. The lowest BCUT2D eigenvalue weighted by Gasteiger charge is -2.34. The van der Waals surface area contributed by atoms with E-state index >= 15 is 0 Å².